The van der Waals surface area contributed by atoms with Gasteiger partial charge in [-0.2, -0.15) is 0 Å². The molecular weight excluding hydrogens is 192 g/mol. The van der Waals surface area contributed by atoms with Gasteiger partial charge in [0.05, 0.1) is 0 Å². The fourth-order valence-electron chi connectivity index (χ4n) is 1.68. The van der Waals surface area contributed by atoms with Gasteiger partial charge in [0.15, 0.2) is 0 Å². The van der Waals surface area contributed by atoms with Crippen molar-refractivity contribution in [1.82, 2.24) is 5.32 Å². The predicted octanol–water partition coefficient (Wildman–Crippen LogP) is 0.804. The monoisotopic (exact) mass is 212 g/mol. The van der Waals surface area contributed by atoms with E-state index in [4.69, 9.17) is 5.73 Å². The molecule has 0 heterocycles. The van der Waals surface area contributed by atoms with E-state index in [1.54, 1.807) is 0 Å². The number of carbonyl (C=O) groups excluding carboxylic acids is 2. The van der Waals surface area contributed by atoms with Crippen molar-refractivity contribution in [2.45, 2.75) is 39.0 Å². The van der Waals surface area contributed by atoms with E-state index in [2.05, 4.69) is 5.32 Å². The molecule has 1 fully saturated rings. The standard InChI is InChI=1S/C11H20N2O2/c1-2-13-10(14)7-9(11(12)15)6-5-8-3-4-8/h8-9H,2-7H2,1H3,(H2,12,15)(H,13,14)/t9-/m0/s1. The molecule has 1 atom stereocenters. The van der Waals surface area contributed by atoms with Crippen LogP contribution in [0.2, 0.25) is 0 Å². The molecule has 0 unspecified atom stereocenters. The summed E-state index contributed by atoms with van der Waals surface area (Å²) in [5.41, 5.74) is 5.27. The highest BCUT2D eigenvalue weighted by molar-refractivity contribution is 5.84. The first kappa shape index (κ1) is 12.0. The zero-order valence-electron chi connectivity index (χ0n) is 9.29. The van der Waals surface area contributed by atoms with Crippen molar-refractivity contribution in [3.05, 3.63) is 0 Å². The minimum absolute atomic E-state index is 0.0721. The third kappa shape index (κ3) is 4.81. The van der Waals surface area contributed by atoms with Gasteiger partial charge in [0.25, 0.3) is 0 Å². The quantitative estimate of drug-likeness (QED) is 0.655. The normalized spacial score (nSPS) is 17.1. The van der Waals surface area contributed by atoms with E-state index in [-0.39, 0.29) is 24.2 Å². The Labute approximate surface area is 90.6 Å². The summed E-state index contributed by atoms with van der Waals surface area (Å²) >= 11 is 0. The minimum Gasteiger partial charge on any atom is -0.369 e. The first-order chi connectivity index (χ1) is 7.13. The highest BCUT2D eigenvalue weighted by Crippen LogP contribution is 2.35. The molecule has 0 radical (unpaired) electrons. The van der Waals surface area contributed by atoms with Gasteiger partial charge >= 0.3 is 0 Å². The Hall–Kier alpha value is -1.06. The summed E-state index contributed by atoms with van der Waals surface area (Å²) in [7, 11) is 0. The fourth-order valence-corrected chi connectivity index (χ4v) is 1.68. The van der Waals surface area contributed by atoms with Crippen molar-refractivity contribution in [3.8, 4) is 0 Å². The molecule has 0 spiro atoms. The van der Waals surface area contributed by atoms with E-state index in [1.807, 2.05) is 6.92 Å². The van der Waals surface area contributed by atoms with Gasteiger partial charge in [-0.3, -0.25) is 9.59 Å². The molecule has 0 aromatic heterocycles. The largest absolute Gasteiger partial charge is 0.369 e. The van der Waals surface area contributed by atoms with Crippen molar-refractivity contribution >= 4 is 11.8 Å². The van der Waals surface area contributed by atoms with Gasteiger partial charge < -0.3 is 11.1 Å². The Kier molecular flexibility index (Phi) is 4.59. The molecule has 4 heteroatoms. The molecule has 3 N–H and O–H groups in total. The predicted molar refractivity (Wildman–Crippen MR) is 57.9 cm³/mol. The lowest BCUT2D eigenvalue weighted by molar-refractivity contribution is -0.128. The minimum atomic E-state index is -0.345. The first-order valence-corrected chi connectivity index (χ1v) is 5.69. The number of amides is 2. The van der Waals surface area contributed by atoms with Crippen LogP contribution in [-0.2, 0) is 9.59 Å². The molecule has 1 aliphatic carbocycles. The number of hydrogen-bond acceptors (Lipinski definition) is 2. The van der Waals surface area contributed by atoms with Gasteiger partial charge in [-0.15, -0.1) is 0 Å². The molecule has 0 bridgehead atoms. The van der Waals surface area contributed by atoms with Crippen LogP contribution < -0.4 is 11.1 Å². The number of carbonyl (C=O) groups is 2. The number of hydrogen-bond donors (Lipinski definition) is 2. The molecular formula is C11H20N2O2. The maximum absolute atomic E-state index is 11.3. The molecule has 2 amide bonds. The Morgan fingerprint density at radius 3 is 2.60 bits per heavy atom. The molecule has 86 valence electrons. The number of nitrogens with one attached hydrogen (secondary N) is 1. The molecule has 0 aliphatic heterocycles. The molecule has 15 heavy (non-hydrogen) atoms. The van der Waals surface area contributed by atoms with E-state index < -0.39 is 0 Å². The van der Waals surface area contributed by atoms with Crippen LogP contribution in [0.15, 0.2) is 0 Å². The topological polar surface area (TPSA) is 72.2 Å². The van der Waals surface area contributed by atoms with Crippen LogP contribution >= 0.6 is 0 Å². The number of rotatable bonds is 7. The fraction of sp³-hybridized carbons (Fsp3) is 0.818. The SMILES string of the molecule is CCNC(=O)C[C@H](CCC1CC1)C(N)=O. The lowest BCUT2D eigenvalue weighted by atomic mass is 9.97. The molecule has 1 aliphatic rings. The van der Waals surface area contributed by atoms with E-state index in [9.17, 15) is 9.59 Å². The summed E-state index contributed by atoms with van der Waals surface area (Å²) in [5.74, 6) is 0.0808. The van der Waals surface area contributed by atoms with Crippen LogP contribution in [0, 0.1) is 11.8 Å². The van der Waals surface area contributed by atoms with Gasteiger partial charge in [-0.05, 0) is 25.7 Å². The second-order valence-corrected chi connectivity index (χ2v) is 4.28. The molecule has 0 saturated heterocycles. The van der Waals surface area contributed by atoms with Gasteiger partial charge in [0.2, 0.25) is 11.8 Å². The molecule has 4 nitrogen and oxygen atoms in total. The van der Waals surface area contributed by atoms with E-state index in [0.29, 0.717) is 6.54 Å². The van der Waals surface area contributed by atoms with E-state index >= 15 is 0 Å². The molecule has 1 saturated carbocycles. The van der Waals surface area contributed by atoms with Crippen molar-refractivity contribution < 1.29 is 9.59 Å². The summed E-state index contributed by atoms with van der Waals surface area (Å²) in [4.78, 5) is 22.4. The van der Waals surface area contributed by atoms with Crippen LogP contribution in [0.4, 0.5) is 0 Å². The first-order valence-electron chi connectivity index (χ1n) is 5.69. The summed E-state index contributed by atoms with van der Waals surface area (Å²) in [6, 6.07) is 0. The van der Waals surface area contributed by atoms with Crippen LogP contribution in [0.5, 0.6) is 0 Å². The van der Waals surface area contributed by atoms with Crippen molar-refractivity contribution in [1.29, 1.82) is 0 Å². The summed E-state index contributed by atoms with van der Waals surface area (Å²) in [6.45, 7) is 2.47. The van der Waals surface area contributed by atoms with Gasteiger partial charge in [-0.25, -0.2) is 0 Å². The maximum Gasteiger partial charge on any atom is 0.221 e. The zero-order valence-corrected chi connectivity index (χ0v) is 9.29. The summed E-state index contributed by atoms with van der Waals surface area (Å²) in [6.07, 6.45) is 4.58. The smallest absolute Gasteiger partial charge is 0.221 e. The molecule has 0 aromatic rings. The van der Waals surface area contributed by atoms with Gasteiger partial charge in [-0.1, -0.05) is 12.8 Å². The second-order valence-electron chi connectivity index (χ2n) is 4.28. The maximum atomic E-state index is 11.3. The average Bonchev–Trinajstić information content (AvgIpc) is 2.95. The Morgan fingerprint density at radius 2 is 2.13 bits per heavy atom. The van der Waals surface area contributed by atoms with Crippen molar-refractivity contribution in [2.75, 3.05) is 6.54 Å². The van der Waals surface area contributed by atoms with Crippen molar-refractivity contribution in [3.63, 3.8) is 0 Å². The van der Waals surface area contributed by atoms with E-state index in [1.165, 1.54) is 12.8 Å². The van der Waals surface area contributed by atoms with Gasteiger partial charge in [0, 0.05) is 18.9 Å². The van der Waals surface area contributed by atoms with Crippen LogP contribution in [0.25, 0.3) is 0 Å². The lowest BCUT2D eigenvalue weighted by Crippen LogP contribution is -2.31. The lowest BCUT2D eigenvalue weighted by Gasteiger charge is -2.12. The zero-order chi connectivity index (χ0) is 11.3. The second kappa shape index (κ2) is 5.73. The van der Waals surface area contributed by atoms with Crippen LogP contribution in [0.3, 0.4) is 0 Å². The van der Waals surface area contributed by atoms with E-state index in [0.717, 1.165) is 18.8 Å². The van der Waals surface area contributed by atoms with Gasteiger partial charge in [0.1, 0.15) is 0 Å². The Morgan fingerprint density at radius 1 is 1.47 bits per heavy atom. The molecule has 1 rings (SSSR count). The van der Waals surface area contributed by atoms with Crippen LogP contribution in [-0.4, -0.2) is 18.4 Å². The Bertz CT molecular complexity index is 237. The molecule has 0 aromatic carbocycles. The highest BCUT2D eigenvalue weighted by Gasteiger charge is 2.25. The summed E-state index contributed by atoms with van der Waals surface area (Å²) in [5, 5.41) is 2.69. The third-order valence-electron chi connectivity index (χ3n) is 2.83. The van der Waals surface area contributed by atoms with Crippen molar-refractivity contribution in [2.24, 2.45) is 17.6 Å². The Balaban J connectivity index is 2.28. The average molecular weight is 212 g/mol. The number of nitrogens with two attached hydrogens (primary N) is 1. The third-order valence-corrected chi connectivity index (χ3v) is 2.83. The van der Waals surface area contributed by atoms with Crippen LogP contribution in [0.1, 0.15) is 39.0 Å². The summed E-state index contributed by atoms with van der Waals surface area (Å²) < 4.78 is 0. The highest BCUT2D eigenvalue weighted by atomic mass is 16.2. The number of primary amides is 1.